The Morgan fingerprint density at radius 1 is 1.05 bits per heavy atom. The zero-order valence-electron chi connectivity index (χ0n) is 12.6. The topological polar surface area (TPSA) is 45.2 Å². The molecule has 0 aliphatic carbocycles. The van der Waals surface area contributed by atoms with Gasteiger partial charge >= 0.3 is 0 Å². The third-order valence-corrected chi connectivity index (χ3v) is 3.57. The minimum Gasteiger partial charge on any atom is -0.378 e. The van der Waals surface area contributed by atoms with Gasteiger partial charge in [0.05, 0.1) is 0 Å². The van der Waals surface area contributed by atoms with Gasteiger partial charge < -0.3 is 10.2 Å². The van der Waals surface area contributed by atoms with Gasteiger partial charge in [-0.25, -0.2) is 0 Å². The standard InChI is InChI=1S/C18H17N3O/c1-21(2)15-8-6-14(7-9-15)20-18(22)16-5-3-4-13-10-11-19-12-17(13)16/h3-12H,1-2H3,(H,20,22). The van der Waals surface area contributed by atoms with Crippen molar-refractivity contribution in [3.05, 3.63) is 66.5 Å². The van der Waals surface area contributed by atoms with Crippen molar-refractivity contribution in [2.45, 2.75) is 0 Å². The van der Waals surface area contributed by atoms with Gasteiger partial charge in [0.15, 0.2) is 0 Å². The fraction of sp³-hybridized carbons (Fsp3) is 0.111. The zero-order valence-corrected chi connectivity index (χ0v) is 12.6. The molecule has 4 heteroatoms. The van der Waals surface area contributed by atoms with E-state index in [1.165, 1.54) is 0 Å². The lowest BCUT2D eigenvalue weighted by Crippen LogP contribution is -2.13. The number of amides is 1. The Balaban J connectivity index is 1.87. The first-order chi connectivity index (χ1) is 10.6. The number of hydrogen-bond acceptors (Lipinski definition) is 3. The number of anilines is 2. The molecule has 3 aromatic rings. The average Bonchev–Trinajstić information content (AvgIpc) is 2.54. The quantitative estimate of drug-likeness (QED) is 0.802. The maximum absolute atomic E-state index is 12.5. The van der Waals surface area contributed by atoms with Gasteiger partial charge in [-0.15, -0.1) is 0 Å². The van der Waals surface area contributed by atoms with Crippen molar-refractivity contribution in [2.75, 3.05) is 24.3 Å². The molecule has 0 aliphatic heterocycles. The second kappa shape index (κ2) is 5.85. The van der Waals surface area contributed by atoms with Crippen molar-refractivity contribution >= 4 is 28.1 Å². The van der Waals surface area contributed by atoms with E-state index in [9.17, 15) is 4.79 Å². The molecule has 0 unspecified atom stereocenters. The Morgan fingerprint density at radius 3 is 2.55 bits per heavy atom. The molecule has 1 aromatic heterocycles. The summed E-state index contributed by atoms with van der Waals surface area (Å²) in [5, 5.41) is 4.79. The van der Waals surface area contributed by atoms with Crippen LogP contribution in [0, 0.1) is 0 Å². The number of pyridine rings is 1. The van der Waals surface area contributed by atoms with Crippen molar-refractivity contribution in [2.24, 2.45) is 0 Å². The monoisotopic (exact) mass is 291 g/mol. The van der Waals surface area contributed by atoms with Gasteiger partial charge in [-0.05, 0) is 41.8 Å². The van der Waals surface area contributed by atoms with Crippen LogP contribution in [0.25, 0.3) is 10.8 Å². The Hall–Kier alpha value is -2.88. The van der Waals surface area contributed by atoms with Crippen LogP contribution in [0.5, 0.6) is 0 Å². The van der Waals surface area contributed by atoms with Crippen LogP contribution in [0.1, 0.15) is 10.4 Å². The SMILES string of the molecule is CN(C)c1ccc(NC(=O)c2cccc3ccncc23)cc1. The maximum Gasteiger partial charge on any atom is 0.256 e. The average molecular weight is 291 g/mol. The number of nitrogens with one attached hydrogen (secondary N) is 1. The smallest absolute Gasteiger partial charge is 0.256 e. The number of aromatic nitrogens is 1. The fourth-order valence-electron chi connectivity index (χ4n) is 2.35. The van der Waals surface area contributed by atoms with Crippen LogP contribution in [-0.2, 0) is 0 Å². The van der Waals surface area contributed by atoms with E-state index >= 15 is 0 Å². The summed E-state index contributed by atoms with van der Waals surface area (Å²) in [6, 6.07) is 15.3. The number of nitrogens with zero attached hydrogens (tertiary/aromatic N) is 2. The van der Waals surface area contributed by atoms with Crippen molar-refractivity contribution in [1.82, 2.24) is 4.98 Å². The minimum atomic E-state index is -0.129. The number of carbonyl (C=O) groups excluding carboxylic acids is 1. The zero-order chi connectivity index (χ0) is 15.5. The van der Waals surface area contributed by atoms with E-state index in [-0.39, 0.29) is 5.91 Å². The van der Waals surface area contributed by atoms with Crippen LogP contribution in [-0.4, -0.2) is 25.0 Å². The molecule has 110 valence electrons. The highest BCUT2D eigenvalue weighted by Crippen LogP contribution is 2.20. The molecule has 0 atom stereocenters. The molecule has 0 saturated carbocycles. The van der Waals surface area contributed by atoms with Crippen LogP contribution < -0.4 is 10.2 Å². The molecule has 1 N–H and O–H groups in total. The van der Waals surface area contributed by atoms with E-state index < -0.39 is 0 Å². The first-order valence-corrected chi connectivity index (χ1v) is 7.06. The van der Waals surface area contributed by atoms with Gasteiger partial charge in [0.1, 0.15) is 0 Å². The summed E-state index contributed by atoms with van der Waals surface area (Å²) in [7, 11) is 3.97. The molecule has 1 heterocycles. The third kappa shape index (κ3) is 2.76. The first-order valence-electron chi connectivity index (χ1n) is 7.06. The summed E-state index contributed by atoms with van der Waals surface area (Å²) < 4.78 is 0. The molecule has 0 radical (unpaired) electrons. The second-order valence-electron chi connectivity index (χ2n) is 5.30. The Kier molecular flexibility index (Phi) is 3.74. The molecule has 22 heavy (non-hydrogen) atoms. The highest BCUT2D eigenvalue weighted by molar-refractivity contribution is 6.12. The molecule has 0 saturated heterocycles. The van der Waals surface area contributed by atoms with Crippen molar-refractivity contribution in [1.29, 1.82) is 0 Å². The predicted molar refractivity (Wildman–Crippen MR) is 90.5 cm³/mol. The molecule has 1 amide bonds. The maximum atomic E-state index is 12.5. The Labute approximate surface area is 129 Å². The predicted octanol–water partition coefficient (Wildman–Crippen LogP) is 3.55. The van der Waals surface area contributed by atoms with Crippen LogP contribution in [0.3, 0.4) is 0 Å². The molecule has 4 nitrogen and oxygen atoms in total. The Bertz CT molecular complexity index is 805. The summed E-state index contributed by atoms with van der Waals surface area (Å²) in [6.45, 7) is 0. The van der Waals surface area contributed by atoms with E-state index in [4.69, 9.17) is 0 Å². The van der Waals surface area contributed by atoms with Crippen LogP contribution in [0.15, 0.2) is 60.9 Å². The highest BCUT2D eigenvalue weighted by Gasteiger charge is 2.10. The summed E-state index contributed by atoms with van der Waals surface area (Å²) in [4.78, 5) is 18.6. The molecular weight excluding hydrogens is 274 g/mol. The summed E-state index contributed by atoms with van der Waals surface area (Å²) >= 11 is 0. The lowest BCUT2D eigenvalue weighted by atomic mass is 10.1. The fourth-order valence-corrected chi connectivity index (χ4v) is 2.35. The van der Waals surface area contributed by atoms with Crippen molar-refractivity contribution < 1.29 is 4.79 Å². The van der Waals surface area contributed by atoms with Gasteiger partial charge in [-0.2, -0.15) is 0 Å². The Morgan fingerprint density at radius 2 is 1.82 bits per heavy atom. The van der Waals surface area contributed by atoms with Gasteiger partial charge in [-0.1, -0.05) is 12.1 Å². The lowest BCUT2D eigenvalue weighted by Gasteiger charge is -2.13. The summed E-state index contributed by atoms with van der Waals surface area (Å²) in [5.74, 6) is -0.129. The largest absolute Gasteiger partial charge is 0.378 e. The third-order valence-electron chi connectivity index (χ3n) is 3.57. The second-order valence-corrected chi connectivity index (χ2v) is 5.30. The van der Waals surface area contributed by atoms with E-state index in [0.29, 0.717) is 5.56 Å². The molecular formula is C18H17N3O. The van der Waals surface area contributed by atoms with Crippen LogP contribution in [0.2, 0.25) is 0 Å². The van der Waals surface area contributed by atoms with Gasteiger partial charge in [0.2, 0.25) is 0 Å². The van der Waals surface area contributed by atoms with Crippen molar-refractivity contribution in [3.63, 3.8) is 0 Å². The van der Waals surface area contributed by atoms with E-state index in [1.54, 1.807) is 12.4 Å². The number of hydrogen-bond donors (Lipinski definition) is 1. The molecule has 0 aliphatic rings. The summed E-state index contributed by atoms with van der Waals surface area (Å²) in [6.07, 6.45) is 3.45. The summed E-state index contributed by atoms with van der Waals surface area (Å²) in [5.41, 5.74) is 2.49. The van der Waals surface area contributed by atoms with Crippen LogP contribution in [0.4, 0.5) is 11.4 Å². The van der Waals surface area contributed by atoms with E-state index in [0.717, 1.165) is 22.1 Å². The van der Waals surface area contributed by atoms with Gasteiger partial charge in [0, 0.05) is 48.8 Å². The van der Waals surface area contributed by atoms with Crippen LogP contribution >= 0.6 is 0 Å². The number of fused-ring (bicyclic) bond motifs is 1. The number of rotatable bonds is 3. The number of benzene rings is 2. The molecule has 0 fully saturated rings. The highest BCUT2D eigenvalue weighted by atomic mass is 16.1. The van der Waals surface area contributed by atoms with E-state index in [2.05, 4.69) is 10.3 Å². The van der Waals surface area contributed by atoms with Gasteiger partial charge in [0.25, 0.3) is 5.91 Å². The van der Waals surface area contributed by atoms with Crippen molar-refractivity contribution in [3.8, 4) is 0 Å². The molecule has 3 rings (SSSR count). The first kappa shape index (κ1) is 14.1. The molecule has 2 aromatic carbocycles. The van der Waals surface area contributed by atoms with Gasteiger partial charge in [-0.3, -0.25) is 9.78 Å². The normalized spacial score (nSPS) is 10.5. The molecule has 0 spiro atoms. The molecule has 0 bridgehead atoms. The lowest BCUT2D eigenvalue weighted by molar-refractivity contribution is 0.102. The van der Waals surface area contributed by atoms with E-state index in [1.807, 2.05) is 67.5 Å². The number of carbonyl (C=O) groups is 1. The minimum absolute atomic E-state index is 0.129.